The fraction of sp³-hybridized carbons (Fsp3) is 0.125. The zero-order chi connectivity index (χ0) is 21.2. The maximum atomic E-state index is 13.5. The smallest absolute Gasteiger partial charge is 0.170 e. The number of nitrogens with zero attached hydrogens (tertiary/aromatic N) is 4. The first-order chi connectivity index (χ1) is 15.2. The summed E-state index contributed by atoms with van der Waals surface area (Å²) in [5.41, 5.74) is 3.76. The summed E-state index contributed by atoms with van der Waals surface area (Å²) in [6.07, 6.45) is 5.56. The predicted molar refractivity (Wildman–Crippen MR) is 121 cm³/mol. The molecule has 1 aromatic carbocycles. The molecule has 4 aromatic rings. The number of nitrogens with one attached hydrogen (secondary N) is 1. The Morgan fingerprint density at radius 2 is 1.68 bits per heavy atom. The number of aromatic nitrogens is 3. The van der Waals surface area contributed by atoms with E-state index < -0.39 is 0 Å². The molecule has 1 saturated heterocycles. The van der Waals surface area contributed by atoms with Crippen LogP contribution in [0, 0.1) is 5.82 Å². The molecule has 0 saturated carbocycles. The van der Waals surface area contributed by atoms with Crippen LogP contribution in [-0.4, -0.2) is 24.5 Å². The molecule has 31 heavy (non-hydrogen) atoms. The standard InChI is InChI=1S/C24H20FN5S/c25-17-9-11-19(12-10-17)29-15-5-8-21(29)23-22(20-7-2-4-14-27-20)28-24(31)30(23)16-18-6-1-3-13-26-18/h1-15,22-23H,16H2,(H,28,31)/t22-,23-/m1/s1. The number of hydrogen-bond donors (Lipinski definition) is 1. The molecule has 3 aromatic heterocycles. The lowest BCUT2D eigenvalue weighted by Gasteiger charge is -2.28. The number of hydrogen-bond acceptors (Lipinski definition) is 3. The molecule has 7 heteroatoms. The molecule has 1 aliphatic rings. The van der Waals surface area contributed by atoms with Gasteiger partial charge in [-0.05, 0) is 72.9 Å². The van der Waals surface area contributed by atoms with Crippen molar-refractivity contribution in [2.45, 2.75) is 18.6 Å². The Hall–Kier alpha value is -3.58. The van der Waals surface area contributed by atoms with Crippen LogP contribution in [0.15, 0.2) is 91.4 Å². The average Bonchev–Trinajstić information content (AvgIpc) is 3.40. The van der Waals surface area contributed by atoms with Crippen molar-refractivity contribution in [1.29, 1.82) is 0 Å². The second-order valence-corrected chi connectivity index (χ2v) is 7.74. The number of halogens is 1. The molecule has 1 aliphatic heterocycles. The van der Waals surface area contributed by atoms with Crippen LogP contribution in [0.25, 0.3) is 5.69 Å². The quantitative estimate of drug-likeness (QED) is 0.471. The summed E-state index contributed by atoms with van der Waals surface area (Å²) in [4.78, 5) is 11.2. The van der Waals surface area contributed by atoms with Gasteiger partial charge in [-0.2, -0.15) is 0 Å². The minimum absolute atomic E-state index is 0.121. The lowest BCUT2D eigenvalue weighted by atomic mass is 10.0. The van der Waals surface area contributed by atoms with Crippen LogP contribution in [0.1, 0.15) is 29.2 Å². The Labute approximate surface area is 185 Å². The Balaban J connectivity index is 1.60. The highest BCUT2D eigenvalue weighted by molar-refractivity contribution is 7.80. The van der Waals surface area contributed by atoms with Crippen molar-refractivity contribution < 1.29 is 4.39 Å². The van der Waals surface area contributed by atoms with E-state index in [2.05, 4.69) is 30.8 Å². The van der Waals surface area contributed by atoms with E-state index >= 15 is 0 Å². The molecule has 0 bridgehead atoms. The first kappa shape index (κ1) is 19.4. The summed E-state index contributed by atoms with van der Waals surface area (Å²) >= 11 is 5.75. The van der Waals surface area contributed by atoms with Gasteiger partial charge < -0.3 is 14.8 Å². The van der Waals surface area contributed by atoms with Crippen LogP contribution in [-0.2, 0) is 6.54 Å². The summed E-state index contributed by atoms with van der Waals surface area (Å²) < 4.78 is 15.6. The highest BCUT2D eigenvalue weighted by Crippen LogP contribution is 2.40. The van der Waals surface area contributed by atoms with Gasteiger partial charge in [0, 0.05) is 30.0 Å². The molecule has 0 unspecified atom stereocenters. The summed E-state index contributed by atoms with van der Waals surface area (Å²) in [5, 5.41) is 4.11. The van der Waals surface area contributed by atoms with Crippen LogP contribution in [0.2, 0.25) is 0 Å². The van der Waals surface area contributed by atoms with E-state index in [1.54, 1.807) is 24.5 Å². The largest absolute Gasteiger partial charge is 0.352 e. The third-order valence-electron chi connectivity index (χ3n) is 5.44. The predicted octanol–water partition coefficient (Wildman–Crippen LogP) is 4.58. The Morgan fingerprint density at radius 1 is 0.903 bits per heavy atom. The average molecular weight is 430 g/mol. The molecule has 0 radical (unpaired) electrons. The summed E-state index contributed by atoms with van der Waals surface area (Å²) in [5.74, 6) is -0.260. The SMILES string of the molecule is Fc1ccc(-n2cccc2[C@@H]2[C@@H](c3ccccn3)NC(=S)N2Cc2ccccn2)cc1. The number of benzene rings is 1. The topological polar surface area (TPSA) is 46.0 Å². The van der Waals surface area contributed by atoms with Gasteiger partial charge in [0.15, 0.2) is 5.11 Å². The van der Waals surface area contributed by atoms with Crippen molar-refractivity contribution in [2.75, 3.05) is 0 Å². The first-order valence-corrected chi connectivity index (χ1v) is 10.4. The zero-order valence-corrected chi connectivity index (χ0v) is 17.4. The zero-order valence-electron chi connectivity index (χ0n) is 16.6. The van der Waals surface area contributed by atoms with Crippen molar-refractivity contribution in [1.82, 2.24) is 24.8 Å². The van der Waals surface area contributed by atoms with Gasteiger partial charge in [0.1, 0.15) is 5.82 Å². The van der Waals surface area contributed by atoms with Crippen molar-refractivity contribution in [3.8, 4) is 5.69 Å². The van der Waals surface area contributed by atoms with E-state index in [1.807, 2.05) is 48.7 Å². The summed E-state index contributed by atoms with van der Waals surface area (Å²) in [7, 11) is 0. The van der Waals surface area contributed by atoms with Crippen molar-refractivity contribution in [3.63, 3.8) is 0 Å². The van der Waals surface area contributed by atoms with Crippen LogP contribution in [0.5, 0.6) is 0 Å². The van der Waals surface area contributed by atoms with Gasteiger partial charge in [0.25, 0.3) is 0 Å². The Bertz CT molecular complexity index is 1180. The van der Waals surface area contributed by atoms with Gasteiger partial charge in [0.2, 0.25) is 0 Å². The fourth-order valence-corrected chi connectivity index (χ4v) is 4.34. The monoisotopic (exact) mass is 429 g/mol. The van der Waals surface area contributed by atoms with E-state index in [9.17, 15) is 4.39 Å². The third-order valence-corrected chi connectivity index (χ3v) is 5.80. The fourth-order valence-electron chi connectivity index (χ4n) is 4.04. The molecule has 4 heterocycles. The minimum Gasteiger partial charge on any atom is -0.352 e. The van der Waals surface area contributed by atoms with Crippen LogP contribution >= 0.6 is 12.2 Å². The van der Waals surface area contributed by atoms with E-state index in [4.69, 9.17) is 12.2 Å². The summed E-state index contributed by atoms with van der Waals surface area (Å²) in [6.45, 7) is 0.565. The highest BCUT2D eigenvalue weighted by atomic mass is 32.1. The van der Waals surface area contributed by atoms with Crippen LogP contribution in [0.4, 0.5) is 4.39 Å². The van der Waals surface area contributed by atoms with Crippen molar-refractivity contribution >= 4 is 17.3 Å². The van der Waals surface area contributed by atoms with Gasteiger partial charge >= 0.3 is 0 Å². The van der Waals surface area contributed by atoms with E-state index in [1.165, 1.54) is 12.1 Å². The van der Waals surface area contributed by atoms with Gasteiger partial charge in [0.05, 0.1) is 30.0 Å². The second-order valence-electron chi connectivity index (χ2n) is 7.36. The third kappa shape index (κ3) is 3.80. The number of thiocarbonyl (C=S) groups is 1. The van der Waals surface area contributed by atoms with Crippen molar-refractivity contribution in [2.24, 2.45) is 0 Å². The molecule has 0 spiro atoms. The van der Waals surface area contributed by atoms with Gasteiger partial charge in [-0.25, -0.2) is 4.39 Å². The van der Waals surface area contributed by atoms with Gasteiger partial charge in [-0.3, -0.25) is 9.97 Å². The van der Waals surface area contributed by atoms with E-state index in [0.29, 0.717) is 11.7 Å². The molecule has 1 fully saturated rings. The van der Waals surface area contributed by atoms with E-state index in [-0.39, 0.29) is 17.9 Å². The van der Waals surface area contributed by atoms with Crippen molar-refractivity contribution in [3.05, 3.63) is 114 Å². The maximum absolute atomic E-state index is 13.5. The Kier molecular flexibility index (Phi) is 5.18. The normalized spacial score (nSPS) is 18.2. The van der Waals surface area contributed by atoms with Crippen LogP contribution < -0.4 is 5.32 Å². The molecule has 5 rings (SSSR count). The lowest BCUT2D eigenvalue weighted by molar-refractivity contribution is 0.299. The molecule has 2 atom stereocenters. The molecule has 5 nitrogen and oxygen atoms in total. The molecular formula is C24H20FN5S. The minimum atomic E-state index is -0.260. The first-order valence-electron chi connectivity index (χ1n) is 10.0. The van der Waals surface area contributed by atoms with E-state index in [0.717, 1.165) is 22.8 Å². The molecule has 0 aliphatic carbocycles. The highest BCUT2D eigenvalue weighted by Gasteiger charge is 2.41. The molecular weight excluding hydrogens is 409 g/mol. The summed E-state index contributed by atoms with van der Waals surface area (Å²) in [6, 6.07) is 22.1. The maximum Gasteiger partial charge on any atom is 0.170 e. The molecule has 154 valence electrons. The van der Waals surface area contributed by atoms with Gasteiger partial charge in [-0.1, -0.05) is 12.1 Å². The molecule has 0 amide bonds. The number of rotatable bonds is 5. The van der Waals surface area contributed by atoms with Crippen LogP contribution in [0.3, 0.4) is 0 Å². The van der Waals surface area contributed by atoms with Gasteiger partial charge in [-0.15, -0.1) is 0 Å². The second kappa shape index (κ2) is 8.28. The lowest BCUT2D eigenvalue weighted by Crippen LogP contribution is -2.30. The Morgan fingerprint density at radius 3 is 2.39 bits per heavy atom. The molecule has 1 N–H and O–H groups in total. The number of pyridine rings is 2.